The van der Waals surface area contributed by atoms with Crippen LogP contribution in [0.5, 0.6) is 0 Å². The van der Waals surface area contributed by atoms with E-state index >= 15 is 0 Å². The van der Waals surface area contributed by atoms with E-state index in [1.165, 1.54) is 19.8 Å². The van der Waals surface area contributed by atoms with E-state index in [9.17, 15) is 5.41 Å². The molecule has 0 bridgehead atoms. The smallest absolute Gasteiger partial charge is 0.872 e. The summed E-state index contributed by atoms with van der Waals surface area (Å²) in [6.07, 6.45) is 17.6. The van der Waals surface area contributed by atoms with Gasteiger partial charge in [-0.15, -0.1) is 28.8 Å². The third-order valence-corrected chi connectivity index (χ3v) is 5.58. The quantitative estimate of drug-likeness (QED) is 0.177. The van der Waals surface area contributed by atoms with Gasteiger partial charge in [-0.25, -0.2) is 29.4 Å². The number of pyridine rings is 1. The van der Waals surface area contributed by atoms with Crippen molar-refractivity contribution in [2.24, 2.45) is 0 Å². The summed E-state index contributed by atoms with van der Waals surface area (Å²) in [7, 11) is 0. The maximum absolute atomic E-state index is 9.82. The van der Waals surface area contributed by atoms with Crippen LogP contribution in [0.2, 0.25) is 0 Å². The maximum Gasteiger partial charge on any atom is 3.00 e. The van der Waals surface area contributed by atoms with Crippen molar-refractivity contribution in [3.63, 3.8) is 0 Å². The van der Waals surface area contributed by atoms with Gasteiger partial charge in [0.15, 0.2) is 0 Å². The Hall–Kier alpha value is -2.91. The minimum atomic E-state index is -2.53. The Kier molecular flexibility index (Phi) is 6.72. The van der Waals surface area contributed by atoms with Gasteiger partial charge in [0.25, 0.3) is 0 Å². The number of benzene rings is 1. The third-order valence-electron chi connectivity index (χ3n) is 4.43. The fourth-order valence-electron chi connectivity index (χ4n) is 2.97. The number of hydrogen-bond donors (Lipinski definition) is 0. The molecule has 0 aliphatic heterocycles. The van der Waals surface area contributed by atoms with E-state index in [2.05, 4.69) is 54.4 Å². The predicted molar refractivity (Wildman–Crippen MR) is 146 cm³/mol. The van der Waals surface area contributed by atoms with Crippen molar-refractivity contribution >= 4 is 39.3 Å². The second-order valence-corrected chi connectivity index (χ2v) is 7.96. The first-order chi connectivity index (χ1) is 20.1. The molecule has 2 aliphatic rings. The van der Waals surface area contributed by atoms with E-state index < -0.39 is 37.1 Å². The number of rotatable bonds is 3. The third kappa shape index (κ3) is 8.46. The molecule has 0 unspecified atom stereocenters. The molecule has 0 spiro atoms. The van der Waals surface area contributed by atoms with Gasteiger partial charge in [0, 0.05) is 26.7 Å². The molecule has 5 rings (SSSR count). The van der Waals surface area contributed by atoms with E-state index in [-0.39, 0.29) is 37.8 Å². The van der Waals surface area contributed by atoms with E-state index in [1.807, 2.05) is 17.4 Å². The normalized spacial score (nSPS) is 18.6. The summed E-state index contributed by atoms with van der Waals surface area (Å²) in [5.74, 6) is 0. The van der Waals surface area contributed by atoms with Crippen LogP contribution in [-0.4, -0.2) is 10.7 Å². The standard InChI is InChI=1S/C12H13N.C12H9S.C6H7N.Ir/c1-10(2)8-9-12(13)11-6-4-3-5-7-11;1-3-7-11-9(5-1)10-6-2-4-8-12(10)13-11;1-6-3-2-4-7-5-6;/h3-4,6-9H,1,5H2,2H3;1,3-8H,2H2;2-5H,1H3;/q-2;-1;;+3/b9-8-;;;/i2D3,8D,9D;;1D3,2D,3D;. The molecule has 4 heteroatoms. The van der Waals surface area contributed by atoms with Crippen LogP contribution in [-0.2, 0) is 20.1 Å². The molecule has 0 fully saturated rings. The summed E-state index contributed by atoms with van der Waals surface area (Å²) in [5.41, 5.74) is -0.624. The molecule has 0 saturated carbocycles. The summed E-state index contributed by atoms with van der Waals surface area (Å²) in [4.78, 5) is 3.54. The number of aryl methyl sites for hydroxylation is 1. The van der Waals surface area contributed by atoms with E-state index in [1.54, 1.807) is 18.6 Å². The zero-order valence-electron chi connectivity index (χ0n) is 28.3. The van der Waals surface area contributed by atoms with Crippen LogP contribution >= 0.6 is 11.3 Å². The zero-order chi connectivity index (χ0) is 31.9. The first-order valence-corrected chi connectivity index (χ1v) is 11.0. The summed E-state index contributed by atoms with van der Waals surface area (Å²) >= 11 is 1.88. The van der Waals surface area contributed by atoms with Crippen molar-refractivity contribution in [3.05, 3.63) is 130 Å². The van der Waals surface area contributed by atoms with Crippen LogP contribution in [0.25, 0.3) is 27.6 Å². The molecule has 34 heavy (non-hydrogen) atoms. The minimum absolute atomic E-state index is 0. The van der Waals surface area contributed by atoms with Crippen molar-refractivity contribution < 1.29 is 33.8 Å². The summed E-state index contributed by atoms with van der Waals surface area (Å²) in [6, 6.07) is 7.08. The van der Waals surface area contributed by atoms with Gasteiger partial charge in [-0.05, 0) is 36.8 Å². The van der Waals surface area contributed by atoms with Gasteiger partial charge in [-0.3, -0.25) is 10.7 Å². The molecule has 174 valence electrons. The van der Waals surface area contributed by atoms with Crippen LogP contribution < -0.4 is 9.75 Å². The van der Waals surface area contributed by atoms with E-state index in [0.717, 1.165) is 18.8 Å². The van der Waals surface area contributed by atoms with Crippen molar-refractivity contribution in [1.29, 1.82) is 0 Å². The Morgan fingerprint density at radius 2 is 2.21 bits per heavy atom. The van der Waals surface area contributed by atoms with Crippen LogP contribution in [0.3, 0.4) is 0 Å². The molecule has 0 saturated heterocycles. The first kappa shape index (κ1) is 15.9. The molecule has 3 aromatic rings. The molecule has 1 aromatic carbocycles. The zero-order valence-corrected chi connectivity index (χ0v) is 21.5. The fourth-order valence-corrected chi connectivity index (χ4v) is 4.11. The molecule has 2 nitrogen and oxygen atoms in total. The maximum atomic E-state index is 9.82. The van der Waals surface area contributed by atoms with Gasteiger partial charge in [0.1, 0.15) is 0 Å². The van der Waals surface area contributed by atoms with Gasteiger partial charge in [-0.1, -0.05) is 60.5 Å². The monoisotopic (exact) mass is 652 g/mol. The molecule has 0 atom stereocenters. The number of thiophene rings is 1. The van der Waals surface area contributed by atoms with Crippen LogP contribution in [0.15, 0.2) is 96.8 Å². The van der Waals surface area contributed by atoms with Gasteiger partial charge in [0.2, 0.25) is 0 Å². The summed E-state index contributed by atoms with van der Waals surface area (Å²) in [5, 5.41) is 12.7. The number of hydrogen-bond acceptors (Lipinski definition) is 2. The average molecular weight is 652 g/mol. The van der Waals surface area contributed by atoms with Crippen molar-refractivity contribution in [2.45, 2.75) is 26.5 Å². The summed E-state index contributed by atoms with van der Waals surface area (Å²) in [6.45, 7) is -1.60. The Bertz CT molecular complexity index is 1730. The Labute approximate surface area is 234 Å². The van der Waals surface area contributed by atoms with Crippen LogP contribution in [0.1, 0.15) is 39.0 Å². The minimum Gasteiger partial charge on any atom is -0.872 e. The first-order valence-electron chi connectivity index (χ1n) is 15.2. The Morgan fingerprint density at radius 1 is 1.32 bits per heavy atom. The van der Waals surface area contributed by atoms with Gasteiger partial charge in [-0.2, -0.15) is 12.5 Å². The van der Waals surface area contributed by atoms with Crippen molar-refractivity contribution in [1.82, 2.24) is 4.98 Å². The molecule has 2 aliphatic carbocycles. The fraction of sp³-hybridized carbons (Fsp3) is 0.133. The number of fused-ring (bicyclic) bond motifs is 3. The second-order valence-electron chi connectivity index (χ2n) is 6.88. The largest absolute Gasteiger partial charge is 3.00 e. The molecule has 2 heterocycles. The molecular formula is C30H29IrN2S. The van der Waals surface area contributed by atoms with Crippen LogP contribution in [0, 0.1) is 19.7 Å². The number of allylic oxidation sites excluding steroid dienone is 7. The molecular weight excluding hydrogens is 613 g/mol. The topological polar surface area (TPSA) is 35.2 Å². The summed E-state index contributed by atoms with van der Waals surface area (Å²) < 4.78 is 74.8. The predicted octanol–water partition coefficient (Wildman–Crippen LogP) is 6.68. The average Bonchev–Trinajstić information content (AvgIpc) is 3.36. The second kappa shape index (κ2) is 14.4. The number of aromatic nitrogens is 1. The molecule has 0 amide bonds. The van der Waals surface area contributed by atoms with E-state index in [0.29, 0.717) is 12.0 Å². The van der Waals surface area contributed by atoms with E-state index in [4.69, 9.17) is 13.7 Å². The SMILES string of the molecule is C1=c2sc3ccccc3c2=CC[CH-]1.[2H]/C(C(=C)C([2H])([2H])[2H])=C(\[2H])C(=[N-])C1=CC=CC[CH-]1.[2H]c1cncc(C([2H])([2H])[2H])c1[2H].[Ir+3]. The van der Waals surface area contributed by atoms with Gasteiger partial charge < -0.3 is 5.41 Å². The van der Waals surface area contributed by atoms with Gasteiger partial charge in [0.05, 0.1) is 4.11 Å². The van der Waals surface area contributed by atoms with Crippen molar-refractivity contribution in [2.75, 3.05) is 0 Å². The van der Waals surface area contributed by atoms with Crippen molar-refractivity contribution in [3.8, 4) is 0 Å². The Balaban J connectivity index is 0.000000233. The van der Waals surface area contributed by atoms with Crippen LogP contribution in [0.4, 0.5) is 0 Å². The molecule has 2 aromatic heterocycles. The number of nitrogens with zero attached hydrogens (tertiary/aromatic N) is 2. The molecule has 0 N–H and O–H groups in total. The molecule has 0 radical (unpaired) electrons. The van der Waals surface area contributed by atoms with Gasteiger partial charge >= 0.3 is 20.1 Å². The Morgan fingerprint density at radius 3 is 2.97 bits per heavy atom.